The van der Waals surface area contributed by atoms with Gasteiger partial charge in [-0.15, -0.1) is 0 Å². The number of nitrogens with zero attached hydrogens (tertiary/aromatic N) is 2. The van der Waals surface area contributed by atoms with E-state index in [0.717, 1.165) is 89.2 Å². The summed E-state index contributed by atoms with van der Waals surface area (Å²) in [5.41, 5.74) is 14.7. The van der Waals surface area contributed by atoms with Gasteiger partial charge in [-0.25, -0.2) is 9.97 Å². The van der Waals surface area contributed by atoms with Crippen LogP contribution in [-0.2, 0) is 15.3 Å². The van der Waals surface area contributed by atoms with Gasteiger partial charge in [0.15, 0.2) is 6.61 Å². The molecule has 10 rings (SSSR count). The highest BCUT2D eigenvalue weighted by Gasteiger charge is 2.25. The van der Waals surface area contributed by atoms with Crippen molar-refractivity contribution >= 4 is 82.2 Å². The molecule has 5 heterocycles. The molecule has 0 spiro atoms. The van der Waals surface area contributed by atoms with E-state index in [0.29, 0.717) is 28.6 Å². The Balaban J connectivity index is 1.25. The minimum Gasteiger partial charge on any atom is -0.483 e. The first kappa shape index (κ1) is 43.7. The number of hydrogen-bond donors (Lipinski definition) is 5. The monoisotopic (exact) mass is 908 g/mol. The van der Waals surface area contributed by atoms with Gasteiger partial charge in [0.25, 0.3) is 5.91 Å². The Morgan fingerprint density at radius 3 is 1.41 bits per heavy atom. The van der Waals surface area contributed by atoms with E-state index in [4.69, 9.17) is 14.7 Å². The van der Waals surface area contributed by atoms with Gasteiger partial charge < -0.3 is 25.3 Å². The number of aromatic nitrogens is 4. The Hall–Kier alpha value is -8.21. The van der Waals surface area contributed by atoms with Crippen LogP contribution in [0.1, 0.15) is 49.1 Å². The summed E-state index contributed by atoms with van der Waals surface area (Å²) in [7, 11) is 0. The summed E-state index contributed by atoms with van der Waals surface area (Å²) >= 11 is 4.45. The van der Waals surface area contributed by atoms with E-state index in [1.165, 1.54) is 0 Å². The summed E-state index contributed by atoms with van der Waals surface area (Å²) in [6.07, 6.45) is 8.17. The number of thiol groups is 1. The molecule has 8 aromatic rings. The average molecular weight is 909 g/mol. The molecule has 0 unspecified atom stereocenters. The summed E-state index contributed by atoms with van der Waals surface area (Å²) in [6, 6.07) is 51.9. The van der Waals surface area contributed by atoms with Crippen LogP contribution in [0.15, 0.2) is 158 Å². The number of carbonyl (C=O) groups is 2. The van der Waals surface area contributed by atoms with Crippen LogP contribution in [0.4, 0.5) is 11.4 Å². The maximum absolute atomic E-state index is 13.7. The van der Waals surface area contributed by atoms with Crippen LogP contribution < -0.4 is 15.4 Å². The lowest BCUT2D eigenvalue weighted by Gasteiger charge is -2.19. The molecule has 0 radical (unpaired) electrons. The normalized spacial score (nSPS) is 11.9. The predicted octanol–water partition coefficient (Wildman–Crippen LogP) is 13.8. The third-order valence-electron chi connectivity index (χ3n) is 12.0. The minimum absolute atomic E-state index is 0.0941. The molecule has 3 aromatic heterocycles. The summed E-state index contributed by atoms with van der Waals surface area (Å²) in [5.74, 6) is 0.701. The Morgan fingerprint density at radius 2 is 0.926 bits per heavy atom. The van der Waals surface area contributed by atoms with Gasteiger partial charge in [0.05, 0.1) is 22.8 Å². The van der Waals surface area contributed by atoms with Crippen molar-refractivity contribution in [2.75, 3.05) is 17.2 Å². The molecule has 334 valence electrons. The smallest absolute Gasteiger partial charge is 0.262 e. The van der Waals surface area contributed by atoms with Gasteiger partial charge in [-0.05, 0) is 77.9 Å². The maximum atomic E-state index is 13.7. The molecule has 0 fully saturated rings. The molecule has 2 aliphatic rings. The number of ether oxygens (including phenoxy) is 1. The Bertz CT molecular complexity index is 3440. The third-order valence-corrected chi connectivity index (χ3v) is 12.3. The van der Waals surface area contributed by atoms with Crippen molar-refractivity contribution in [1.82, 2.24) is 19.9 Å². The molecule has 8 bridgehead atoms. The van der Waals surface area contributed by atoms with Crippen LogP contribution in [0.5, 0.6) is 5.75 Å². The van der Waals surface area contributed by atoms with Crippen LogP contribution in [0.2, 0.25) is 0 Å². The number of anilines is 2. The zero-order valence-electron chi connectivity index (χ0n) is 37.8. The van der Waals surface area contributed by atoms with E-state index in [-0.39, 0.29) is 18.4 Å². The van der Waals surface area contributed by atoms with Crippen LogP contribution in [0.3, 0.4) is 0 Å². The third kappa shape index (κ3) is 8.77. The fourth-order valence-corrected chi connectivity index (χ4v) is 8.89. The van der Waals surface area contributed by atoms with Crippen molar-refractivity contribution in [1.29, 1.82) is 0 Å². The van der Waals surface area contributed by atoms with Crippen LogP contribution >= 0.6 is 12.6 Å². The van der Waals surface area contributed by atoms with Crippen molar-refractivity contribution < 1.29 is 14.3 Å². The molecular formula is C58H48N6O3S. The first-order valence-corrected chi connectivity index (χ1v) is 23.1. The Kier molecular flexibility index (Phi) is 11.9. The van der Waals surface area contributed by atoms with Gasteiger partial charge >= 0.3 is 0 Å². The summed E-state index contributed by atoms with van der Waals surface area (Å²) in [5, 5.41) is 6.38. The fourth-order valence-electron chi connectivity index (χ4n) is 8.62. The number of nitrogens with one attached hydrogen (secondary N) is 4. The molecule has 0 saturated heterocycles. The Labute approximate surface area is 400 Å². The molecule has 10 heteroatoms. The SMILES string of the molecule is CC(C)(C)C(=O)Nc1ccccc1-c1c2nc(c(-c3ccccc3)c3ccc([nH]3)c(-c3ccccc3NC(=O)COc3ccccc3CS)c3nc(c(-c4ccccc4)c4ccc1[nH]4)C=C3)C=C2. The zero-order valence-corrected chi connectivity index (χ0v) is 38.7. The lowest BCUT2D eigenvalue weighted by molar-refractivity contribution is -0.123. The standard InChI is InChI=1S/C58H48N6O3S/c1-58(2,3)57(66)64-42-24-14-12-22-40(42)56-49-32-28-45(61-49)53(36-16-6-4-7-17-36)43-26-30-47(59-43)55(39-21-11-13-23-41(39)63-52(65)34-67-51-25-15-10-20-38(51)35-68)48-31-27-44(60-48)54(37-18-8-5-9-19-37)46-29-33-50(56)62-46/h4-33,59,62,68H,34-35H2,1-3H3,(H,63,65)(H,64,66). The van der Waals surface area contributed by atoms with Crippen LogP contribution in [-0.4, -0.2) is 38.4 Å². The number of benzene rings is 5. The number of H-pyrrole nitrogens is 2. The van der Waals surface area contributed by atoms with E-state index >= 15 is 0 Å². The zero-order chi connectivity index (χ0) is 46.8. The van der Waals surface area contributed by atoms with Gasteiger partial charge in [-0.1, -0.05) is 136 Å². The van der Waals surface area contributed by atoms with Crippen molar-refractivity contribution in [2.45, 2.75) is 26.5 Å². The van der Waals surface area contributed by atoms with E-state index in [1.54, 1.807) is 0 Å². The maximum Gasteiger partial charge on any atom is 0.262 e. The summed E-state index contributed by atoms with van der Waals surface area (Å²) in [4.78, 5) is 45.8. The van der Waals surface area contributed by atoms with Gasteiger partial charge in [0.1, 0.15) is 5.75 Å². The van der Waals surface area contributed by atoms with Crippen LogP contribution in [0.25, 0.3) is 90.9 Å². The molecule has 2 aliphatic heterocycles. The minimum atomic E-state index is -0.621. The van der Waals surface area contributed by atoms with Crippen molar-refractivity contribution in [2.24, 2.45) is 5.41 Å². The van der Waals surface area contributed by atoms with Crippen molar-refractivity contribution in [3.05, 3.63) is 186 Å². The molecule has 68 heavy (non-hydrogen) atoms. The van der Waals surface area contributed by atoms with Gasteiger partial charge in [0.2, 0.25) is 5.91 Å². The molecule has 0 atom stereocenters. The second kappa shape index (κ2) is 18.6. The molecule has 2 amide bonds. The lowest BCUT2D eigenvalue weighted by Crippen LogP contribution is -2.27. The first-order valence-electron chi connectivity index (χ1n) is 22.5. The van der Waals surface area contributed by atoms with E-state index in [2.05, 4.69) is 87.8 Å². The number of para-hydroxylation sites is 3. The van der Waals surface area contributed by atoms with Crippen molar-refractivity contribution in [3.63, 3.8) is 0 Å². The number of aromatic amines is 2. The van der Waals surface area contributed by atoms with E-state index in [9.17, 15) is 9.59 Å². The van der Waals surface area contributed by atoms with Gasteiger partial charge in [0, 0.05) is 83.6 Å². The fraction of sp³-hybridized carbons (Fsp3) is 0.103. The quantitative estimate of drug-likeness (QED) is 0.0874. The van der Waals surface area contributed by atoms with Gasteiger partial charge in [-0.2, -0.15) is 12.6 Å². The van der Waals surface area contributed by atoms with E-state index in [1.807, 2.05) is 148 Å². The summed E-state index contributed by atoms with van der Waals surface area (Å²) in [6.45, 7) is 5.53. The lowest BCUT2D eigenvalue weighted by atomic mass is 9.94. The highest BCUT2D eigenvalue weighted by atomic mass is 32.1. The summed E-state index contributed by atoms with van der Waals surface area (Å²) < 4.78 is 6.00. The number of rotatable bonds is 10. The molecule has 5 aromatic carbocycles. The Morgan fingerprint density at radius 1 is 0.515 bits per heavy atom. The van der Waals surface area contributed by atoms with Crippen molar-refractivity contribution in [3.8, 4) is 50.3 Å². The second-order valence-corrected chi connectivity index (χ2v) is 17.9. The highest BCUT2D eigenvalue weighted by Crippen LogP contribution is 2.41. The number of fused-ring (bicyclic) bond motifs is 8. The highest BCUT2D eigenvalue weighted by molar-refractivity contribution is 7.79. The number of hydrogen-bond acceptors (Lipinski definition) is 6. The molecule has 9 nitrogen and oxygen atoms in total. The first-order chi connectivity index (χ1) is 33.1. The number of amides is 2. The molecular weight excluding hydrogens is 861 g/mol. The predicted molar refractivity (Wildman–Crippen MR) is 282 cm³/mol. The van der Waals surface area contributed by atoms with Crippen LogP contribution in [0, 0.1) is 5.41 Å². The second-order valence-electron chi connectivity index (χ2n) is 17.6. The topological polar surface area (TPSA) is 125 Å². The van der Waals surface area contributed by atoms with E-state index < -0.39 is 5.41 Å². The number of carbonyl (C=O) groups excluding carboxylic acids is 2. The van der Waals surface area contributed by atoms with Gasteiger partial charge in [-0.3, -0.25) is 9.59 Å². The molecule has 0 aliphatic carbocycles. The molecule has 0 saturated carbocycles. The largest absolute Gasteiger partial charge is 0.483 e. The molecule has 4 N–H and O–H groups in total. The average Bonchev–Trinajstić information content (AvgIpc) is 4.21.